The average Bonchev–Trinajstić information content (AvgIpc) is 3.51. The number of likely N-dealkylation sites (tertiary alicyclic amines) is 1. The molecule has 2 saturated heterocycles. The van der Waals surface area contributed by atoms with Crippen molar-refractivity contribution < 1.29 is 4.79 Å². The lowest BCUT2D eigenvalue weighted by molar-refractivity contribution is -0.120. The van der Waals surface area contributed by atoms with Gasteiger partial charge < -0.3 is 20.9 Å². The molecule has 0 spiro atoms. The Hall–Kier alpha value is -2.58. The van der Waals surface area contributed by atoms with Crippen molar-refractivity contribution in [3.05, 3.63) is 52.2 Å². The normalized spacial score (nSPS) is 18.7. The lowest BCUT2D eigenvalue weighted by atomic mass is 10.2. The number of nitrogens with one attached hydrogen (secondary N) is 3. The van der Waals surface area contributed by atoms with Crippen LogP contribution in [0.15, 0.2) is 46.8 Å². The fourth-order valence-corrected chi connectivity index (χ4v) is 5.09. The molecule has 2 aliphatic rings. The molecule has 166 valence electrons. The van der Waals surface area contributed by atoms with E-state index in [9.17, 15) is 4.79 Å². The van der Waals surface area contributed by atoms with Crippen LogP contribution < -0.4 is 20.9 Å². The highest BCUT2D eigenvalue weighted by Crippen LogP contribution is 2.27. The lowest BCUT2D eigenvalue weighted by Crippen LogP contribution is -2.47. The molecule has 1 unspecified atom stereocenters. The molecule has 0 saturated carbocycles. The predicted octanol–water partition coefficient (Wildman–Crippen LogP) is 2.19. The Labute approximate surface area is 188 Å². The average molecular weight is 441 g/mol. The zero-order chi connectivity index (χ0) is 21.5. The van der Waals surface area contributed by atoms with Crippen molar-refractivity contribution in [2.24, 2.45) is 4.99 Å². The fraction of sp³-hybridized carbons (Fsp3) is 0.478. The van der Waals surface area contributed by atoms with Gasteiger partial charge in [-0.2, -0.15) is 0 Å². The summed E-state index contributed by atoms with van der Waals surface area (Å²) in [5, 5.41) is 12.0. The number of rotatable bonds is 7. The molecule has 0 aliphatic carbocycles. The number of thiophene rings is 1. The number of carbonyl (C=O) groups excluding carboxylic acids is 1. The highest BCUT2D eigenvalue weighted by molar-refractivity contribution is 7.10. The zero-order valence-corrected chi connectivity index (χ0v) is 19.0. The molecule has 2 aromatic rings. The Kier molecular flexibility index (Phi) is 7.43. The van der Waals surface area contributed by atoms with Gasteiger partial charge in [-0.15, -0.1) is 11.3 Å². The summed E-state index contributed by atoms with van der Waals surface area (Å²) in [7, 11) is 1.82. The van der Waals surface area contributed by atoms with Crippen LogP contribution in [0, 0.1) is 0 Å². The van der Waals surface area contributed by atoms with Gasteiger partial charge in [-0.25, -0.2) is 0 Å². The molecular formula is C23H32N6OS. The first-order chi connectivity index (χ1) is 15.2. The number of benzene rings is 1. The molecule has 2 fully saturated rings. The van der Waals surface area contributed by atoms with Gasteiger partial charge >= 0.3 is 0 Å². The van der Waals surface area contributed by atoms with Gasteiger partial charge in [0.05, 0.1) is 12.6 Å². The van der Waals surface area contributed by atoms with E-state index < -0.39 is 0 Å². The van der Waals surface area contributed by atoms with Crippen LogP contribution in [0.5, 0.6) is 0 Å². The van der Waals surface area contributed by atoms with Gasteiger partial charge in [-0.3, -0.25) is 14.7 Å². The zero-order valence-electron chi connectivity index (χ0n) is 18.1. The standard InChI is InChI=1S/C23H32N6OS/c1-24-23(27-16-20(21-5-4-14-31-21)28-11-2-3-12-28)26-15-18-6-8-19(9-7-18)29-13-10-25-22(30)17-29/h4-9,14,20H,2-3,10-13,15-17H2,1H3,(H,25,30)(H2,24,26,27). The summed E-state index contributed by atoms with van der Waals surface area (Å²) in [4.78, 5) is 22.1. The SMILES string of the molecule is CN=C(NCc1ccc(N2CCNC(=O)C2)cc1)NCC(c1cccs1)N1CCCC1. The van der Waals surface area contributed by atoms with E-state index in [-0.39, 0.29) is 5.91 Å². The maximum absolute atomic E-state index is 11.6. The Bertz CT molecular complexity index is 861. The number of piperazine rings is 1. The van der Waals surface area contributed by atoms with Crippen LogP contribution in [0.4, 0.5) is 5.69 Å². The van der Waals surface area contributed by atoms with Gasteiger partial charge in [0.15, 0.2) is 5.96 Å². The highest BCUT2D eigenvalue weighted by atomic mass is 32.1. The molecule has 3 N–H and O–H groups in total. The van der Waals surface area contributed by atoms with Crippen molar-refractivity contribution in [3.8, 4) is 0 Å². The van der Waals surface area contributed by atoms with E-state index in [1.165, 1.54) is 36.4 Å². The number of hydrogen-bond acceptors (Lipinski definition) is 5. The van der Waals surface area contributed by atoms with Crippen LogP contribution >= 0.6 is 11.3 Å². The number of guanidine groups is 1. The minimum Gasteiger partial charge on any atom is -0.360 e. The van der Waals surface area contributed by atoms with Gasteiger partial charge in [0.2, 0.25) is 5.91 Å². The lowest BCUT2D eigenvalue weighted by Gasteiger charge is -2.28. The Morgan fingerprint density at radius 2 is 1.97 bits per heavy atom. The van der Waals surface area contributed by atoms with Crippen molar-refractivity contribution >= 4 is 28.9 Å². The van der Waals surface area contributed by atoms with E-state index in [2.05, 4.69) is 72.5 Å². The van der Waals surface area contributed by atoms with Crippen molar-refractivity contribution in [2.75, 3.05) is 51.2 Å². The van der Waals surface area contributed by atoms with E-state index in [1.54, 1.807) is 0 Å². The third-order valence-electron chi connectivity index (χ3n) is 5.94. The topological polar surface area (TPSA) is 72.0 Å². The molecule has 1 aromatic heterocycles. The summed E-state index contributed by atoms with van der Waals surface area (Å²) in [5.41, 5.74) is 2.27. The van der Waals surface area contributed by atoms with Crippen LogP contribution in [0.3, 0.4) is 0 Å². The first kappa shape index (κ1) is 21.6. The van der Waals surface area contributed by atoms with Gasteiger partial charge in [-0.05, 0) is 55.1 Å². The van der Waals surface area contributed by atoms with Gasteiger partial charge in [-0.1, -0.05) is 18.2 Å². The number of hydrogen-bond donors (Lipinski definition) is 3. The van der Waals surface area contributed by atoms with Crippen LogP contribution in [0.2, 0.25) is 0 Å². The molecule has 4 rings (SSSR count). The Balaban J connectivity index is 1.29. The van der Waals surface area contributed by atoms with Crippen LogP contribution in [0.1, 0.15) is 29.3 Å². The van der Waals surface area contributed by atoms with Crippen LogP contribution in [-0.2, 0) is 11.3 Å². The predicted molar refractivity (Wildman–Crippen MR) is 128 cm³/mol. The van der Waals surface area contributed by atoms with E-state index in [0.29, 0.717) is 25.7 Å². The van der Waals surface area contributed by atoms with Crippen molar-refractivity contribution in [1.82, 2.24) is 20.9 Å². The second-order valence-electron chi connectivity index (χ2n) is 8.02. The largest absolute Gasteiger partial charge is 0.360 e. The second-order valence-corrected chi connectivity index (χ2v) is 9.00. The first-order valence-electron chi connectivity index (χ1n) is 11.1. The van der Waals surface area contributed by atoms with Crippen LogP contribution in [-0.4, -0.2) is 63.1 Å². The molecule has 2 aliphatic heterocycles. The number of anilines is 1. The smallest absolute Gasteiger partial charge is 0.239 e. The quantitative estimate of drug-likeness (QED) is 0.455. The summed E-state index contributed by atoms with van der Waals surface area (Å²) < 4.78 is 0. The Morgan fingerprint density at radius 3 is 2.65 bits per heavy atom. The molecule has 0 bridgehead atoms. The monoisotopic (exact) mass is 440 g/mol. The highest BCUT2D eigenvalue weighted by Gasteiger charge is 2.24. The molecule has 1 aromatic carbocycles. The summed E-state index contributed by atoms with van der Waals surface area (Å²) in [5.74, 6) is 0.902. The van der Waals surface area contributed by atoms with Crippen molar-refractivity contribution in [1.29, 1.82) is 0 Å². The van der Waals surface area contributed by atoms with E-state index in [4.69, 9.17) is 0 Å². The minimum absolute atomic E-state index is 0.0849. The summed E-state index contributed by atoms with van der Waals surface area (Å²) in [6.45, 7) is 5.86. The molecule has 8 heteroatoms. The van der Waals surface area contributed by atoms with E-state index in [1.807, 2.05) is 18.4 Å². The summed E-state index contributed by atoms with van der Waals surface area (Å²) in [6, 6.07) is 13.2. The molecule has 1 amide bonds. The number of nitrogens with zero attached hydrogens (tertiary/aromatic N) is 3. The number of aliphatic imine (C=N–C) groups is 1. The van der Waals surface area contributed by atoms with Crippen molar-refractivity contribution in [3.63, 3.8) is 0 Å². The van der Waals surface area contributed by atoms with Gasteiger partial charge in [0.1, 0.15) is 0 Å². The molecular weight excluding hydrogens is 408 g/mol. The Morgan fingerprint density at radius 1 is 1.16 bits per heavy atom. The van der Waals surface area contributed by atoms with E-state index in [0.717, 1.165) is 24.7 Å². The fourth-order valence-electron chi connectivity index (χ4n) is 4.23. The van der Waals surface area contributed by atoms with Crippen molar-refractivity contribution in [2.45, 2.75) is 25.4 Å². The van der Waals surface area contributed by atoms with Gasteiger partial charge in [0, 0.05) is 43.8 Å². The summed E-state index contributed by atoms with van der Waals surface area (Å²) in [6.07, 6.45) is 2.57. The van der Waals surface area contributed by atoms with E-state index >= 15 is 0 Å². The molecule has 31 heavy (non-hydrogen) atoms. The second kappa shape index (κ2) is 10.6. The molecule has 1 atom stereocenters. The molecule has 7 nitrogen and oxygen atoms in total. The first-order valence-corrected chi connectivity index (χ1v) is 11.9. The number of amides is 1. The minimum atomic E-state index is 0.0849. The third-order valence-corrected chi connectivity index (χ3v) is 6.91. The van der Waals surface area contributed by atoms with Gasteiger partial charge in [0.25, 0.3) is 0 Å². The van der Waals surface area contributed by atoms with Crippen LogP contribution in [0.25, 0.3) is 0 Å². The maximum Gasteiger partial charge on any atom is 0.239 e. The number of carbonyl (C=O) groups is 1. The summed E-state index contributed by atoms with van der Waals surface area (Å²) >= 11 is 1.83. The molecule has 3 heterocycles. The third kappa shape index (κ3) is 5.77. The molecule has 0 radical (unpaired) electrons. The maximum atomic E-state index is 11.6.